The lowest BCUT2D eigenvalue weighted by atomic mass is 9.64. The molecule has 5 nitrogen and oxygen atoms in total. The molecule has 0 bridgehead atoms. The van der Waals surface area contributed by atoms with E-state index in [0.29, 0.717) is 21.8 Å². The minimum atomic E-state index is -1.34. The highest BCUT2D eigenvalue weighted by Gasteiger charge is 2.70. The third kappa shape index (κ3) is 3.37. The van der Waals surface area contributed by atoms with Crippen LogP contribution in [-0.4, -0.2) is 29.6 Å². The van der Waals surface area contributed by atoms with Crippen molar-refractivity contribution in [3.63, 3.8) is 0 Å². The number of nitrogens with zero attached hydrogens (tertiary/aromatic N) is 1. The Bertz CT molecular complexity index is 1730. The predicted molar refractivity (Wildman–Crippen MR) is 157 cm³/mol. The maximum absolute atomic E-state index is 14.7. The summed E-state index contributed by atoms with van der Waals surface area (Å²) in [6.45, 7) is 1.97. The minimum absolute atomic E-state index is 0.200. The number of nitrogens with one attached hydrogen (secondary N) is 1. The van der Waals surface area contributed by atoms with Gasteiger partial charge in [0.2, 0.25) is 5.91 Å². The van der Waals surface area contributed by atoms with E-state index in [1.54, 1.807) is 36.4 Å². The van der Waals surface area contributed by atoms with Crippen molar-refractivity contribution in [2.75, 3.05) is 10.2 Å². The highest BCUT2D eigenvalue weighted by Crippen LogP contribution is 2.58. The molecule has 196 valence electrons. The number of rotatable bonds is 4. The van der Waals surface area contributed by atoms with Crippen LogP contribution in [0.3, 0.4) is 0 Å². The Kier molecular flexibility index (Phi) is 5.55. The topological polar surface area (TPSA) is 66.5 Å². The van der Waals surface area contributed by atoms with Crippen LogP contribution in [0.25, 0.3) is 6.08 Å². The normalized spacial score (nSPS) is 23.9. The lowest BCUT2D eigenvalue weighted by Gasteiger charge is -2.37. The van der Waals surface area contributed by atoms with Crippen molar-refractivity contribution in [1.82, 2.24) is 0 Å². The largest absolute Gasteiger partial charge is 0.352 e. The van der Waals surface area contributed by atoms with Crippen molar-refractivity contribution in [1.29, 1.82) is 0 Å². The van der Waals surface area contributed by atoms with Gasteiger partial charge in [0.25, 0.3) is 0 Å². The first kappa shape index (κ1) is 24.6. The fourth-order valence-corrected chi connectivity index (χ4v) is 6.97. The molecule has 3 heterocycles. The second kappa shape index (κ2) is 9.04. The molecule has 0 saturated carbocycles. The van der Waals surface area contributed by atoms with E-state index in [2.05, 4.69) is 5.32 Å². The van der Waals surface area contributed by atoms with Crippen LogP contribution in [0, 0.1) is 12.8 Å². The number of hydrogen-bond acceptors (Lipinski definition) is 4. The SMILES string of the molecule is Cc1ccc2c(c1)[C@]1(C(=O)N2)C2C=Cc3ccccc3N2[C@@H](C(=O)c2ccccc2)[C@@H]1C(=O)c1ccc(Cl)cc1. The first-order valence-electron chi connectivity index (χ1n) is 13.3. The van der Waals surface area contributed by atoms with E-state index in [0.717, 1.165) is 22.4 Å². The number of aryl methyl sites for hydroxylation is 1. The third-order valence-electron chi connectivity index (χ3n) is 8.53. The second-order valence-corrected chi connectivity index (χ2v) is 11.1. The van der Waals surface area contributed by atoms with E-state index in [1.165, 1.54) is 0 Å². The van der Waals surface area contributed by atoms with Gasteiger partial charge in [-0.05, 0) is 54.4 Å². The van der Waals surface area contributed by atoms with Gasteiger partial charge < -0.3 is 10.2 Å². The fourth-order valence-electron chi connectivity index (χ4n) is 6.84. The van der Waals surface area contributed by atoms with E-state index in [1.807, 2.05) is 84.6 Å². The molecule has 3 aliphatic heterocycles. The number of Topliss-reactive ketones (excluding diaryl/α,β-unsaturated/α-hetero) is 2. The van der Waals surface area contributed by atoms with Crippen molar-refractivity contribution < 1.29 is 14.4 Å². The summed E-state index contributed by atoms with van der Waals surface area (Å²) >= 11 is 6.17. The smallest absolute Gasteiger partial charge is 0.238 e. The monoisotopic (exact) mass is 544 g/mol. The van der Waals surface area contributed by atoms with E-state index in [9.17, 15) is 14.4 Å². The predicted octanol–water partition coefficient (Wildman–Crippen LogP) is 6.50. The van der Waals surface area contributed by atoms with Crippen molar-refractivity contribution in [3.05, 3.63) is 136 Å². The van der Waals surface area contributed by atoms with E-state index in [4.69, 9.17) is 11.6 Å². The number of halogens is 1. The molecular weight excluding hydrogens is 520 g/mol. The molecule has 0 aromatic heterocycles. The first-order valence-corrected chi connectivity index (χ1v) is 13.7. The number of anilines is 2. The molecule has 1 amide bonds. The Balaban J connectivity index is 1.55. The average molecular weight is 545 g/mol. The van der Waals surface area contributed by atoms with Gasteiger partial charge in [-0.1, -0.05) is 90.0 Å². The summed E-state index contributed by atoms with van der Waals surface area (Å²) in [7, 11) is 0. The lowest BCUT2D eigenvalue weighted by molar-refractivity contribution is -0.121. The number of fused-ring (bicyclic) bond motifs is 6. The number of hydrogen-bond donors (Lipinski definition) is 1. The third-order valence-corrected chi connectivity index (χ3v) is 8.78. The zero-order valence-electron chi connectivity index (χ0n) is 21.7. The van der Waals surface area contributed by atoms with Crippen LogP contribution >= 0.6 is 11.6 Å². The lowest BCUT2D eigenvalue weighted by Crippen LogP contribution is -2.51. The van der Waals surface area contributed by atoms with Gasteiger partial charge in [0, 0.05) is 27.5 Å². The molecule has 1 fully saturated rings. The van der Waals surface area contributed by atoms with Crippen LogP contribution < -0.4 is 10.2 Å². The summed E-state index contributed by atoms with van der Waals surface area (Å²) in [4.78, 5) is 45.7. The van der Waals surface area contributed by atoms with Crippen molar-refractivity contribution >= 4 is 46.5 Å². The molecular formula is C34H25ClN2O3. The number of amides is 1. The van der Waals surface area contributed by atoms with Gasteiger partial charge in [-0.3, -0.25) is 14.4 Å². The van der Waals surface area contributed by atoms with Crippen LogP contribution in [0.15, 0.2) is 103 Å². The second-order valence-electron chi connectivity index (χ2n) is 10.7. The van der Waals surface area contributed by atoms with Gasteiger partial charge in [-0.15, -0.1) is 0 Å². The van der Waals surface area contributed by atoms with Crippen LogP contribution in [-0.2, 0) is 10.2 Å². The maximum atomic E-state index is 14.7. The summed E-state index contributed by atoms with van der Waals surface area (Å²) < 4.78 is 0. The summed E-state index contributed by atoms with van der Waals surface area (Å²) in [5, 5.41) is 3.58. The first-order chi connectivity index (χ1) is 19.4. The molecule has 4 atom stereocenters. The molecule has 7 rings (SSSR count). The van der Waals surface area contributed by atoms with Gasteiger partial charge in [0.15, 0.2) is 11.6 Å². The Morgan fingerprint density at radius 3 is 2.33 bits per heavy atom. The number of carbonyl (C=O) groups is 3. The Hall–Kier alpha value is -4.48. The van der Waals surface area contributed by atoms with E-state index in [-0.39, 0.29) is 17.5 Å². The molecule has 0 aliphatic carbocycles. The van der Waals surface area contributed by atoms with Crippen LogP contribution in [0.5, 0.6) is 0 Å². The van der Waals surface area contributed by atoms with Gasteiger partial charge in [-0.2, -0.15) is 0 Å². The van der Waals surface area contributed by atoms with Crippen molar-refractivity contribution in [2.24, 2.45) is 5.92 Å². The molecule has 6 heteroatoms. The molecule has 1 N–H and O–H groups in total. The number of benzene rings is 4. The Labute approximate surface area is 237 Å². The van der Waals surface area contributed by atoms with Crippen molar-refractivity contribution in [2.45, 2.75) is 24.4 Å². The summed E-state index contributed by atoms with van der Waals surface area (Å²) in [6.07, 6.45) is 3.98. The zero-order valence-corrected chi connectivity index (χ0v) is 22.4. The van der Waals surface area contributed by atoms with Gasteiger partial charge >= 0.3 is 0 Å². The van der Waals surface area contributed by atoms with Crippen molar-refractivity contribution in [3.8, 4) is 0 Å². The molecule has 4 aromatic carbocycles. The molecule has 1 unspecified atom stereocenters. The summed E-state index contributed by atoms with van der Waals surface area (Å²) in [5.74, 6) is -1.75. The van der Waals surface area contributed by atoms with E-state index >= 15 is 0 Å². The highest BCUT2D eigenvalue weighted by atomic mass is 35.5. The minimum Gasteiger partial charge on any atom is -0.352 e. The number of carbonyl (C=O) groups excluding carboxylic acids is 3. The fraction of sp³-hybridized carbons (Fsp3) is 0.147. The summed E-state index contributed by atoms with van der Waals surface area (Å²) in [5.41, 5.74) is 3.70. The molecule has 1 spiro atoms. The highest BCUT2D eigenvalue weighted by molar-refractivity contribution is 6.30. The van der Waals surface area contributed by atoms with Gasteiger partial charge in [-0.25, -0.2) is 0 Å². The average Bonchev–Trinajstić information content (AvgIpc) is 3.45. The molecule has 40 heavy (non-hydrogen) atoms. The van der Waals surface area contributed by atoms with Gasteiger partial charge in [0.1, 0.15) is 11.5 Å². The van der Waals surface area contributed by atoms with Gasteiger partial charge in [0.05, 0.1) is 12.0 Å². The molecule has 0 radical (unpaired) electrons. The van der Waals surface area contributed by atoms with Crippen LogP contribution in [0.4, 0.5) is 11.4 Å². The van der Waals surface area contributed by atoms with Crippen LogP contribution in [0.1, 0.15) is 37.4 Å². The molecule has 1 saturated heterocycles. The standard InChI is InChI=1S/C34H25ClN2O3/c1-20-11-17-26-25(19-20)34(33(40)36-26)28-18-14-21-7-5-6-10-27(21)37(28)30(32(39)22-8-3-2-4-9-22)29(34)31(38)23-12-15-24(35)16-13-23/h2-19,28-30H,1H3,(H,36,40)/t28?,29-,30-,34+/m1/s1. The van der Waals surface area contributed by atoms with Crippen LogP contribution in [0.2, 0.25) is 5.02 Å². The number of ketones is 2. The Morgan fingerprint density at radius 2 is 1.55 bits per heavy atom. The zero-order chi connectivity index (χ0) is 27.6. The quantitative estimate of drug-likeness (QED) is 0.298. The maximum Gasteiger partial charge on any atom is 0.238 e. The summed E-state index contributed by atoms with van der Waals surface area (Å²) in [6, 6.07) is 27.8. The molecule has 3 aliphatic rings. The van der Waals surface area contributed by atoms with E-state index < -0.39 is 23.4 Å². The molecule has 4 aromatic rings. The number of para-hydroxylation sites is 1. The Morgan fingerprint density at radius 1 is 0.850 bits per heavy atom.